The molecular formula is C19H18N4O2. The summed E-state index contributed by atoms with van der Waals surface area (Å²) in [7, 11) is 0. The van der Waals surface area contributed by atoms with E-state index in [2.05, 4.69) is 33.9 Å². The lowest BCUT2D eigenvalue weighted by atomic mass is 10.1. The third-order valence-electron chi connectivity index (χ3n) is 4.78. The van der Waals surface area contributed by atoms with Crippen LogP contribution in [0.25, 0.3) is 33.4 Å². The fourth-order valence-corrected chi connectivity index (χ4v) is 3.50. The minimum Gasteiger partial charge on any atom is -0.446 e. The van der Waals surface area contributed by atoms with Gasteiger partial charge in [-0.2, -0.15) is 4.98 Å². The summed E-state index contributed by atoms with van der Waals surface area (Å²) in [5.74, 6) is 1.60. The van der Waals surface area contributed by atoms with E-state index in [0.29, 0.717) is 24.8 Å². The monoisotopic (exact) mass is 334 g/mol. The third-order valence-corrected chi connectivity index (χ3v) is 4.78. The Hall–Kier alpha value is -2.86. The van der Waals surface area contributed by atoms with E-state index >= 15 is 0 Å². The molecule has 1 saturated heterocycles. The number of anilines is 1. The summed E-state index contributed by atoms with van der Waals surface area (Å²) in [6, 6.07) is 10.4. The number of fused-ring (bicyclic) bond motifs is 2. The van der Waals surface area contributed by atoms with E-state index in [-0.39, 0.29) is 6.04 Å². The summed E-state index contributed by atoms with van der Waals surface area (Å²) >= 11 is 0. The van der Waals surface area contributed by atoms with Gasteiger partial charge in [0, 0.05) is 29.2 Å². The Kier molecular flexibility index (Phi) is 3.24. The summed E-state index contributed by atoms with van der Waals surface area (Å²) in [5, 5.41) is 2.05. The topological polar surface area (TPSA) is 67.2 Å². The summed E-state index contributed by atoms with van der Waals surface area (Å²) in [6.07, 6.45) is 3.61. The molecule has 1 aliphatic rings. The second kappa shape index (κ2) is 5.60. The highest BCUT2D eigenvalue weighted by Gasteiger charge is 2.24. The Morgan fingerprint density at radius 1 is 1.16 bits per heavy atom. The van der Waals surface area contributed by atoms with E-state index in [9.17, 15) is 0 Å². The Labute approximate surface area is 144 Å². The largest absolute Gasteiger partial charge is 0.446 e. The quantitative estimate of drug-likeness (QED) is 0.607. The first-order chi connectivity index (χ1) is 12.3. The van der Waals surface area contributed by atoms with Gasteiger partial charge >= 0.3 is 0 Å². The van der Waals surface area contributed by atoms with Crippen LogP contribution in [-0.2, 0) is 4.74 Å². The minimum atomic E-state index is 0.262. The van der Waals surface area contributed by atoms with Crippen LogP contribution in [0.4, 0.5) is 5.82 Å². The van der Waals surface area contributed by atoms with E-state index in [1.165, 1.54) is 0 Å². The zero-order valence-electron chi connectivity index (χ0n) is 13.9. The first-order valence-corrected chi connectivity index (χ1v) is 8.47. The van der Waals surface area contributed by atoms with Gasteiger partial charge < -0.3 is 19.0 Å². The smallest absolute Gasteiger partial charge is 0.231 e. The zero-order valence-corrected chi connectivity index (χ0v) is 13.9. The number of nitrogens with zero attached hydrogens (tertiary/aromatic N) is 3. The summed E-state index contributed by atoms with van der Waals surface area (Å²) < 4.78 is 11.2. The summed E-state index contributed by atoms with van der Waals surface area (Å²) in [6.45, 7) is 4.37. The normalized spacial score (nSPS) is 18.3. The molecule has 1 N–H and O–H groups in total. The van der Waals surface area contributed by atoms with Gasteiger partial charge in [0.05, 0.1) is 30.9 Å². The van der Waals surface area contributed by atoms with Crippen molar-refractivity contribution in [3.8, 4) is 11.4 Å². The van der Waals surface area contributed by atoms with Crippen molar-refractivity contribution >= 4 is 27.8 Å². The molecule has 1 atom stereocenters. The van der Waals surface area contributed by atoms with Gasteiger partial charge in [0.1, 0.15) is 5.82 Å². The van der Waals surface area contributed by atoms with E-state index < -0.39 is 0 Å². The highest BCUT2D eigenvalue weighted by Crippen LogP contribution is 2.32. The minimum absolute atomic E-state index is 0.262. The third kappa shape index (κ3) is 2.29. The second-order valence-electron chi connectivity index (χ2n) is 6.37. The number of nitrogens with one attached hydrogen (secondary N) is 1. The van der Waals surface area contributed by atoms with Gasteiger partial charge in [-0.3, -0.25) is 0 Å². The molecule has 0 aliphatic carbocycles. The molecule has 25 heavy (non-hydrogen) atoms. The molecule has 4 heterocycles. The summed E-state index contributed by atoms with van der Waals surface area (Å²) in [4.78, 5) is 15.1. The van der Waals surface area contributed by atoms with E-state index in [4.69, 9.17) is 14.1 Å². The molecule has 6 nitrogen and oxygen atoms in total. The lowest BCUT2D eigenvalue weighted by Gasteiger charge is -2.34. The van der Waals surface area contributed by atoms with Crippen LogP contribution in [-0.4, -0.2) is 40.8 Å². The van der Waals surface area contributed by atoms with E-state index in [1.807, 2.05) is 24.4 Å². The van der Waals surface area contributed by atoms with Crippen molar-refractivity contribution in [1.29, 1.82) is 0 Å². The van der Waals surface area contributed by atoms with Gasteiger partial charge in [-0.05, 0) is 25.1 Å². The maximum absolute atomic E-state index is 5.62. The van der Waals surface area contributed by atoms with Crippen molar-refractivity contribution in [2.75, 3.05) is 24.7 Å². The van der Waals surface area contributed by atoms with Gasteiger partial charge in [0.2, 0.25) is 5.71 Å². The first-order valence-electron chi connectivity index (χ1n) is 8.47. The van der Waals surface area contributed by atoms with Crippen molar-refractivity contribution in [3.05, 3.63) is 42.8 Å². The predicted octanol–water partition coefficient (Wildman–Crippen LogP) is 3.60. The first kappa shape index (κ1) is 14.5. The molecule has 1 aromatic carbocycles. The van der Waals surface area contributed by atoms with Crippen molar-refractivity contribution in [3.63, 3.8) is 0 Å². The molecule has 4 aromatic rings. The fourth-order valence-electron chi connectivity index (χ4n) is 3.50. The van der Waals surface area contributed by atoms with Crippen LogP contribution < -0.4 is 4.90 Å². The second-order valence-corrected chi connectivity index (χ2v) is 6.37. The Balaban J connectivity index is 1.73. The van der Waals surface area contributed by atoms with Crippen molar-refractivity contribution in [2.24, 2.45) is 0 Å². The standard InChI is InChI=1S/C19H18N4O2/c1-12-11-24-10-8-23(12)18-15-6-9-25-19(15)22-17(21-18)14-3-2-4-16-13(14)5-7-20-16/h2-7,9,12,20H,8,10-11H2,1H3/t12-/m1/s1. The average molecular weight is 334 g/mol. The van der Waals surface area contributed by atoms with Gasteiger partial charge in [-0.1, -0.05) is 12.1 Å². The number of H-pyrrole nitrogens is 1. The van der Waals surface area contributed by atoms with Crippen molar-refractivity contribution < 1.29 is 9.15 Å². The van der Waals surface area contributed by atoms with Crippen LogP contribution in [0.1, 0.15) is 6.92 Å². The molecule has 126 valence electrons. The maximum atomic E-state index is 5.62. The molecule has 6 heteroatoms. The van der Waals surface area contributed by atoms with Crippen LogP contribution in [0.15, 0.2) is 47.2 Å². The molecule has 0 bridgehead atoms. The number of furan rings is 1. The molecule has 0 saturated carbocycles. The van der Waals surface area contributed by atoms with Gasteiger partial charge in [-0.15, -0.1) is 0 Å². The Morgan fingerprint density at radius 2 is 2.12 bits per heavy atom. The molecular weight excluding hydrogens is 316 g/mol. The lowest BCUT2D eigenvalue weighted by molar-refractivity contribution is 0.0987. The fraction of sp³-hybridized carbons (Fsp3) is 0.263. The molecule has 0 amide bonds. The number of hydrogen-bond donors (Lipinski definition) is 1. The molecule has 0 spiro atoms. The predicted molar refractivity (Wildman–Crippen MR) is 96.7 cm³/mol. The molecule has 3 aromatic heterocycles. The highest BCUT2D eigenvalue weighted by molar-refractivity contribution is 5.95. The van der Waals surface area contributed by atoms with Gasteiger partial charge in [-0.25, -0.2) is 4.98 Å². The van der Waals surface area contributed by atoms with Crippen LogP contribution in [0.2, 0.25) is 0 Å². The van der Waals surface area contributed by atoms with Crippen molar-refractivity contribution in [2.45, 2.75) is 13.0 Å². The summed E-state index contributed by atoms with van der Waals surface area (Å²) in [5.41, 5.74) is 2.69. The molecule has 5 rings (SSSR count). The van der Waals surface area contributed by atoms with Gasteiger partial charge in [0.25, 0.3) is 0 Å². The van der Waals surface area contributed by atoms with Crippen LogP contribution >= 0.6 is 0 Å². The molecule has 0 radical (unpaired) electrons. The van der Waals surface area contributed by atoms with Crippen LogP contribution in [0, 0.1) is 0 Å². The highest BCUT2D eigenvalue weighted by atomic mass is 16.5. The Morgan fingerprint density at radius 3 is 3.04 bits per heavy atom. The van der Waals surface area contributed by atoms with Crippen LogP contribution in [0.5, 0.6) is 0 Å². The molecule has 1 fully saturated rings. The average Bonchev–Trinajstić information content (AvgIpc) is 3.30. The Bertz CT molecular complexity index is 1050. The van der Waals surface area contributed by atoms with Crippen molar-refractivity contribution in [1.82, 2.24) is 15.0 Å². The van der Waals surface area contributed by atoms with E-state index in [1.54, 1.807) is 6.26 Å². The van der Waals surface area contributed by atoms with E-state index in [0.717, 1.165) is 34.2 Å². The van der Waals surface area contributed by atoms with Crippen LogP contribution in [0.3, 0.4) is 0 Å². The maximum Gasteiger partial charge on any atom is 0.231 e. The number of ether oxygens (including phenoxy) is 1. The number of morpholine rings is 1. The van der Waals surface area contributed by atoms with Gasteiger partial charge in [0.15, 0.2) is 5.82 Å². The zero-order chi connectivity index (χ0) is 16.8. The molecule has 0 unspecified atom stereocenters. The number of benzene rings is 1. The number of aromatic nitrogens is 3. The number of hydrogen-bond acceptors (Lipinski definition) is 5. The molecule has 1 aliphatic heterocycles. The number of aromatic amines is 1. The SMILES string of the molecule is C[C@@H]1COCCN1c1nc(-c2cccc3[nH]ccc23)nc2occc12. The number of rotatable bonds is 2. The lowest BCUT2D eigenvalue weighted by Crippen LogP contribution is -2.44.